The van der Waals surface area contributed by atoms with Gasteiger partial charge in [0.15, 0.2) is 0 Å². The highest BCUT2D eigenvalue weighted by Crippen LogP contribution is 2.24. The minimum absolute atomic E-state index is 0.301. The summed E-state index contributed by atoms with van der Waals surface area (Å²) in [7, 11) is 0. The normalized spacial score (nSPS) is 12.6. The van der Waals surface area contributed by atoms with E-state index in [0.717, 1.165) is 22.1 Å². The third kappa shape index (κ3) is 3.44. The summed E-state index contributed by atoms with van der Waals surface area (Å²) in [6.45, 7) is 2.02. The maximum Gasteiger partial charge on any atom is 0.0897 e. The van der Waals surface area contributed by atoms with Gasteiger partial charge in [-0.2, -0.15) is 0 Å². The minimum Gasteiger partial charge on any atom is -0.247 e. The number of hydrogen-bond acceptors (Lipinski definition) is 2. The predicted octanol–water partition coefficient (Wildman–Crippen LogP) is 4.67. The molecule has 1 atom stereocenters. The number of alkyl halides is 1. The number of hydrogen-bond donors (Lipinski definition) is 0. The highest BCUT2D eigenvalue weighted by atomic mass is 35.5. The summed E-state index contributed by atoms with van der Waals surface area (Å²) in [5.41, 5.74) is 2.34. The molecular weight excluding hydrogens is 273 g/mol. The second-order valence-electron chi connectivity index (χ2n) is 3.96. The molecule has 1 aromatic heterocycles. The molecule has 1 nitrogen and oxygen atoms in total. The zero-order valence-corrected chi connectivity index (χ0v) is 11.8. The molecule has 1 aromatic carbocycles. The first-order valence-corrected chi connectivity index (χ1v) is 7.20. The molecule has 0 N–H and O–H groups in total. The molecular formula is C13H13Cl2NS. The fourth-order valence-electron chi connectivity index (χ4n) is 1.75. The summed E-state index contributed by atoms with van der Waals surface area (Å²) in [5.74, 6) is 0.897. The van der Waals surface area contributed by atoms with Gasteiger partial charge in [0.05, 0.1) is 10.7 Å². The average molecular weight is 286 g/mol. The molecule has 1 heterocycles. The Morgan fingerprint density at radius 3 is 2.53 bits per heavy atom. The van der Waals surface area contributed by atoms with E-state index >= 15 is 0 Å². The first-order valence-electron chi connectivity index (χ1n) is 5.41. The van der Waals surface area contributed by atoms with Crippen molar-refractivity contribution >= 4 is 34.5 Å². The van der Waals surface area contributed by atoms with Crippen molar-refractivity contribution in [2.75, 3.05) is 5.88 Å². The fourth-order valence-corrected chi connectivity index (χ4v) is 2.79. The number of halogens is 2. The molecule has 17 heavy (non-hydrogen) atoms. The Kier molecular flexibility index (Phi) is 4.43. The topological polar surface area (TPSA) is 12.9 Å². The van der Waals surface area contributed by atoms with Crippen LogP contribution in [-0.2, 0) is 6.42 Å². The van der Waals surface area contributed by atoms with Gasteiger partial charge in [0.2, 0.25) is 0 Å². The van der Waals surface area contributed by atoms with E-state index in [-0.39, 0.29) is 0 Å². The lowest BCUT2D eigenvalue weighted by atomic mass is 9.96. The lowest BCUT2D eigenvalue weighted by Crippen LogP contribution is -2.05. The van der Waals surface area contributed by atoms with Crippen LogP contribution in [0.2, 0.25) is 5.02 Å². The van der Waals surface area contributed by atoms with Crippen LogP contribution in [0.15, 0.2) is 29.6 Å². The number of aryl methyl sites for hydroxylation is 1. The van der Waals surface area contributed by atoms with E-state index in [0.29, 0.717) is 11.8 Å². The summed E-state index contributed by atoms with van der Waals surface area (Å²) in [4.78, 5) is 4.48. The van der Waals surface area contributed by atoms with Crippen LogP contribution >= 0.6 is 34.5 Å². The number of benzene rings is 1. The smallest absolute Gasteiger partial charge is 0.0897 e. The molecule has 4 heteroatoms. The predicted molar refractivity (Wildman–Crippen MR) is 75.5 cm³/mol. The standard InChI is InChI=1S/C13H13Cl2NS/c1-9-16-13(8-17-9)6-11(7-14)10-2-4-12(15)5-3-10/h2-5,8,11H,6-7H2,1H3. The first-order chi connectivity index (χ1) is 8.19. The molecule has 2 rings (SSSR count). The van der Waals surface area contributed by atoms with Crippen molar-refractivity contribution in [1.82, 2.24) is 4.98 Å². The van der Waals surface area contributed by atoms with Crippen molar-refractivity contribution in [3.63, 3.8) is 0 Å². The quantitative estimate of drug-likeness (QED) is 0.744. The van der Waals surface area contributed by atoms with Crippen molar-refractivity contribution in [3.05, 3.63) is 50.9 Å². The Bertz CT molecular complexity index is 478. The average Bonchev–Trinajstić information content (AvgIpc) is 2.73. The van der Waals surface area contributed by atoms with Crippen molar-refractivity contribution in [2.45, 2.75) is 19.3 Å². The largest absolute Gasteiger partial charge is 0.247 e. The third-order valence-electron chi connectivity index (χ3n) is 2.65. The third-order valence-corrected chi connectivity index (χ3v) is 4.10. The van der Waals surface area contributed by atoms with Gasteiger partial charge in [-0.1, -0.05) is 23.7 Å². The molecule has 0 aliphatic carbocycles. The van der Waals surface area contributed by atoms with E-state index in [1.165, 1.54) is 5.56 Å². The Balaban J connectivity index is 2.13. The van der Waals surface area contributed by atoms with E-state index in [9.17, 15) is 0 Å². The molecule has 0 bridgehead atoms. The summed E-state index contributed by atoms with van der Waals surface area (Å²) in [6, 6.07) is 7.88. The van der Waals surface area contributed by atoms with Gasteiger partial charge in [0.25, 0.3) is 0 Å². The van der Waals surface area contributed by atoms with Gasteiger partial charge in [0, 0.05) is 22.2 Å². The Labute approximate surface area is 115 Å². The van der Waals surface area contributed by atoms with Crippen LogP contribution in [0.1, 0.15) is 22.2 Å². The molecule has 0 saturated carbocycles. The van der Waals surface area contributed by atoms with Crippen LogP contribution in [-0.4, -0.2) is 10.9 Å². The van der Waals surface area contributed by atoms with E-state index < -0.39 is 0 Å². The summed E-state index contributed by atoms with van der Waals surface area (Å²) in [6.07, 6.45) is 0.884. The van der Waals surface area contributed by atoms with Crippen LogP contribution in [0.25, 0.3) is 0 Å². The summed E-state index contributed by atoms with van der Waals surface area (Å²) in [5, 5.41) is 3.96. The van der Waals surface area contributed by atoms with E-state index in [2.05, 4.69) is 10.4 Å². The molecule has 0 spiro atoms. The Morgan fingerprint density at radius 2 is 2.00 bits per heavy atom. The van der Waals surface area contributed by atoms with Gasteiger partial charge < -0.3 is 0 Å². The van der Waals surface area contributed by atoms with Gasteiger partial charge in [-0.3, -0.25) is 0 Å². The van der Waals surface area contributed by atoms with Crippen LogP contribution in [0.5, 0.6) is 0 Å². The van der Waals surface area contributed by atoms with Crippen molar-refractivity contribution in [2.24, 2.45) is 0 Å². The zero-order chi connectivity index (χ0) is 12.3. The maximum absolute atomic E-state index is 6.04. The molecule has 0 aliphatic heterocycles. The molecule has 0 saturated heterocycles. The van der Waals surface area contributed by atoms with E-state index in [4.69, 9.17) is 23.2 Å². The van der Waals surface area contributed by atoms with Gasteiger partial charge in [0.1, 0.15) is 0 Å². The zero-order valence-electron chi connectivity index (χ0n) is 9.49. The molecule has 0 fully saturated rings. The number of nitrogens with zero attached hydrogens (tertiary/aromatic N) is 1. The van der Waals surface area contributed by atoms with Crippen LogP contribution in [0, 0.1) is 6.92 Å². The SMILES string of the molecule is Cc1nc(CC(CCl)c2ccc(Cl)cc2)cs1. The van der Waals surface area contributed by atoms with Gasteiger partial charge in [-0.15, -0.1) is 22.9 Å². The lowest BCUT2D eigenvalue weighted by molar-refractivity contribution is 0.750. The Hall–Kier alpha value is -0.570. The molecule has 0 amide bonds. The number of rotatable bonds is 4. The fraction of sp³-hybridized carbons (Fsp3) is 0.308. The lowest BCUT2D eigenvalue weighted by Gasteiger charge is -2.12. The van der Waals surface area contributed by atoms with Crippen molar-refractivity contribution in [1.29, 1.82) is 0 Å². The minimum atomic E-state index is 0.301. The Morgan fingerprint density at radius 1 is 1.29 bits per heavy atom. The van der Waals surface area contributed by atoms with Crippen molar-refractivity contribution < 1.29 is 0 Å². The van der Waals surface area contributed by atoms with Crippen LogP contribution < -0.4 is 0 Å². The molecule has 2 aromatic rings. The molecule has 0 radical (unpaired) electrons. The van der Waals surface area contributed by atoms with Crippen LogP contribution in [0.4, 0.5) is 0 Å². The molecule has 1 unspecified atom stereocenters. The van der Waals surface area contributed by atoms with Gasteiger partial charge in [-0.05, 0) is 31.0 Å². The number of thiazole rings is 1. The second-order valence-corrected chi connectivity index (χ2v) is 5.77. The first kappa shape index (κ1) is 12.9. The summed E-state index contributed by atoms with van der Waals surface area (Å²) >= 11 is 13.6. The number of aromatic nitrogens is 1. The van der Waals surface area contributed by atoms with Gasteiger partial charge >= 0.3 is 0 Å². The maximum atomic E-state index is 6.04. The highest BCUT2D eigenvalue weighted by Gasteiger charge is 2.12. The van der Waals surface area contributed by atoms with E-state index in [1.807, 2.05) is 31.2 Å². The molecule has 90 valence electrons. The monoisotopic (exact) mass is 285 g/mol. The van der Waals surface area contributed by atoms with Gasteiger partial charge in [-0.25, -0.2) is 4.98 Å². The second kappa shape index (κ2) is 5.85. The highest BCUT2D eigenvalue weighted by molar-refractivity contribution is 7.09. The van der Waals surface area contributed by atoms with E-state index in [1.54, 1.807) is 11.3 Å². The van der Waals surface area contributed by atoms with Crippen LogP contribution in [0.3, 0.4) is 0 Å². The summed E-state index contributed by atoms with van der Waals surface area (Å²) < 4.78 is 0. The van der Waals surface area contributed by atoms with Crippen molar-refractivity contribution in [3.8, 4) is 0 Å². The molecule has 0 aliphatic rings.